The van der Waals surface area contributed by atoms with Gasteiger partial charge in [0.05, 0.1) is 19.7 Å². The molecule has 0 unspecified atom stereocenters. The number of nitrogens with zero attached hydrogens (tertiary/aromatic N) is 1. The summed E-state index contributed by atoms with van der Waals surface area (Å²) in [6, 6.07) is 0. The lowest BCUT2D eigenvalue weighted by Gasteiger charge is -2.55. The van der Waals surface area contributed by atoms with E-state index < -0.39 is 5.91 Å². The molecule has 0 radical (unpaired) electrons. The van der Waals surface area contributed by atoms with Gasteiger partial charge in [-0.3, -0.25) is 9.59 Å². The second kappa shape index (κ2) is 2.70. The van der Waals surface area contributed by atoms with Crippen molar-refractivity contribution in [1.29, 1.82) is 0 Å². The maximum Gasteiger partial charge on any atom is 0.232 e. The summed E-state index contributed by atoms with van der Waals surface area (Å²) < 4.78 is 5.33. The summed E-state index contributed by atoms with van der Waals surface area (Å²) in [7, 11) is 0. The number of nitrogens with two attached hydrogens (primary N) is 1. The van der Waals surface area contributed by atoms with Gasteiger partial charge >= 0.3 is 0 Å². The molecule has 2 aliphatic heterocycles. The number of hydrogen-bond acceptors (Lipinski definition) is 3. The van der Waals surface area contributed by atoms with Crippen molar-refractivity contribution in [3.8, 4) is 0 Å². The van der Waals surface area contributed by atoms with Crippen LogP contribution in [0.5, 0.6) is 0 Å². The Morgan fingerprint density at radius 3 is 2.46 bits per heavy atom. The number of rotatable bonds is 2. The van der Waals surface area contributed by atoms with E-state index in [1.807, 2.05) is 0 Å². The van der Waals surface area contributed by atoms with Crippen molar-refractivity contribution in [1.82, 2.24) is 4.90 Å². The summed E-state index contributed by atoms with van der Waals surface area (Å²) in [4.78, 5) is 23.3. The Kier molecular flexibility index (Phi) is 1.76. The molecule has 0 bridgehead atoms. The van der Waals surface area contributed by atoms with Gasteiger partial charge < -0.3 is 15.4 Å². The van der Waals surface area contributed by atoms with E-state index >= 15 is 0 Å². The van der Waals surface area contributed by atoms with Crippen molar-refractivity contribution < 1.29 is 14.3 Å². The van der Waals surface area contributed by atoms with Crippen LogP contribution in [0.4, 0.5) is 0 Å². The maximum atomic E-state index is 11.2. The maximum absolute atomic E-state index is 11.2. The summed E-state index contributed by atoms with van der Waals surface area (Å²) in [5.74, 6) is -0.755. The molecule has 2 heterocycles. The van der Waals surface area contributed by atoms with Crippen molar-refractivity contribution >= 4 is 11.8 Å². The average Bonchev–Trinajstić information content (AvgIpc) is 1.77. The zero-order chi connectivity index (χ0) is 9.47. The molecule has 0 aromatic carbocycles. The van der Waals surface area contributed by atoms with Crippen LogP contribution in [-0.4, -0.2) is 42.0 Å². The minimum Gasteiger partial charge on any atom is -0.371 e. The third-order valence-corrected chi connectivity index (χ3v) is 2.60. The number of hydrogen-bond donors (Lipinski definition) is 1. The number of carbonyl (C=O) groups excluding carboxylic acids is 2. The SMILES string of the molecule is NC(=O)CC(=O)N1CC2(CCO2)C1. The van der Waals surface area contributed by atoms with Gasteiger partial charge in [-0.15, -0.1) is 0 Å². The summed E-state index contributed by atoms with van der Waals surface area (Å²) in [5, 5.41) is 0. The first kappa shape index (κ1) is 8.50. The van der Waals surface area contributed by atoms with Gasteiger partial charge in [0.25, 0.3) is 0 Å². The quantitative estimate of drug-likeness (QED) is 0.551. The van der Waals surface area contributed by atoms with Crippen LogP contribution in [-0.2, 0) is 14.3 Å². The van der Waals surface area contributed by atoms with E-state index in [0.29, 0.717) is 13.1 Å². The normalized spacial score (nSPS) is 23.5. The Labute approximate surface area is 75.8 Å². The molecule has 5 heteroatoms. The molecule has 2 fully saturated rings. The van der Waals surface area contributed by atoms with Crippen molar-refractivity contribution in [2.45, 2.75) is 18.4 Å². The molecule has 2 rings (SSSR count). The molecule has 2 aliphatic rings. The fourth-order valence-corrected chi connectivity index (χ4v) is 1.73. The fraction of sp³-hybridized carbons (Fsp3) is 0.750. The van der Waals surface area contributed by atoms with Crippen molar-refractivity contribution in [2.75, 3.05) is 19.7 Å². The van der Waals surface area contributed by atoms with E-state index in [-0.39, 0.29) is 17.9 Å². The highest BCUT2D eigenvalue weighted by molar-refractivity contribution is 5.96. The number of primary amides is 1. The van der Waals surface area contributed by atoms with Crippen molar-refractivity contribution in [2.24, 2.45) is 5.73 Å². The molecule has 5 nitrogen and oxygen atoms in total. The van der Waals surface area contributed by atoms with Gasteiger partial charge in [-0.1, -0.05) is 0 Å². The van der Waals surface area contributed by atoms with Crippen LogP contribution in [0.1, 0.15) is 12.8 Å². The molecule has 0 saturated carbocycles. The van der Waals surface area contributed by atoms with Crippen LogP contribution >= 0.6 is 0 Å². The van der Waals surface area contributed by atoms with Crippen LogP contribution in [0.2, 0.25) is 0 Å². The highest BCUT2D eigenvalue weighted by Gasteiger charge is 2.50. The Bertz CT molecular complexity index is 252. The van der Waals surface area contributed by atoms with Crippen LogP contribution in [0.25, 0.3) is 0 Å². The Morgan fingerprint density at radius 1 is 1.46 bits per heavy atom. The van der Waals surface area contributed by atoms with Gasteiger partial charge in [0.2, 0.25) is 11.8 Å². The molecule has 0 aromatic heterocycles. The number of carbonyl (C=O) groups is 2. The van der Waals surface area contributed by atoms with Crippen molar-refractivity contribution in [3.05, 3.63) is 0 Å². The summed E-state index contributed by atoms with van der Waals surface area (Å²) in [5.41, 5.74) is 4.84. The molecule has 2 N–H and O–H groups in total. The zero-order valence-electron chi connectivity index (χ0n) is 7.28. The standard InChI is InChI=1S/C8H12N2O3/c9-6(11)3-7(12)10-4-8(5-10)1-2-13-8/h1-5H2,(H2,9,11). The first-order chi connectivity index (χ1) is 6.11. The van der Waals surface area contributed by atoms with Crippen LogP contribution in [0.15, 0.2) is 0 Å². The summed E-state index contributed by atoms with van der Waals surface area (Å²) >= 11 is 0. The van der Waals surface area contributed by atoms with Crippen LogP contribution < -0.4 is 5.73 Å². The van der Waals surface area contributed by atoms with Gasteiger partial charge in [0, 0.05) is 6.42 Å². The van der Waals surface area contributed by atoms with Gasteiger partial charge in [0.1, 0.15) is 12.0 Å². The van der Waals surface area contributed by atoms with Gasteiger partial charge in [-0.2, -0.15) is 0 Å². The third-order valence-electron chi connectivity index (χ3n) is 2.60. The molecule has 1 spiro atoms. The lowest BCUT2D eigenvalue weighted by molar-refractivity contribution is -0.221. The Hall–Kier alpha value is -1.10. The van der Waals surface area contributed by atoms with Crippen LogP contribution in [0.3, 0.4) is 0 Å². The average molecular weight is 184 g/mol. The van der Waals surface area contributed by atoms with E-state index in [0.717, 1.165) is 13.0 Å². The Morgan fingerprint density at radius 2 is 2.08 bits per heavy atom. The first-order valence-corrected chi connectivity index (χ1v) is 4.31. The summed E-state index contributed by atoms with van der Waals surface area (Å²) in [6.07, 6.45) is 0.837. The van der Waals surface area contributed by atoms with Gasteiger partial charge in [-0.25, -0.2) is 0 Å². The molecule has 0 aliphatic carbocycles. The molecule has 72 valence electrons. The molecule has 0 atom stereocenters. The highest BCUT2D eigenvalue weighted by atomic mass is 16.5. The predicted octanol–water partition coefficient (Wildman–Crippen LogP) is -1.14. The van der Waals surface area contributed by atoms with Crippen LogP contribution in [0, 0.1) is 0 Å². The Balaban J connectivity index is 1.79. The van der Waals surface area contributed by atoms with Gasteiger partial charge in [-0.05, 0) is 0 Å². The summed E-state index contributed by atoms with van der Waals surface area (Å²) in [6.45, 7) is 2.04. The highest BCUT2D eigenvalue weighted by Crippen LogP contribution is 2.35. The smallest absolute Gasteiger partial charge is 0.232 e. The monoisotopic (exact) mass is 184 g/mol. The molecule has 13 heavy (non-hydrogen) atoms. The van der Waals surface area contributed by atoms with E-state index in [2.05, 4.69) is 0 Å². The number of ether oxygens (including phenoxy) is 1. The predicted molar refractivity (Wildman–Crippen MR) is 43.7 cm³/mol. The molecule has 0 aromatic rings. The molecule has 2 saturated heterocycles. The largest absolute Gasteiger partial charge is 0.371 e. The second-order valence-corrected chi connectivity index (χ2v) is 3.67. The van der Waals surface area contributed by atoms with Gasteiger partial charge in [0.15, 0.2) is 0 Å². The van der Waals surface area contributed by atoms with E-state index in [1.54, 1.807) is 4.90 Å². The molecule has 2 amide bonds. The minimum atomic E-state index is -0.569. The number of likely N-dealkylation sites (tertiary alicyclic amines) is 1. The first-order valence-electron chi connectivity index (χ1n) is 4.31. The molecular formula is C8H12N2O3. The van der Waals surface area contributed by atoms with E-state index in [9.17, 15) is 9.59 Å². The fourth-order valence-electron chi connectivity index (χ4n) is 1.73. The lowest BCUT2D eigenvalue weighted by atomic mass is 9.86. The lowest BCUT2D eigenvalue weighted by Crippen LogP contribution is -2.69. The third kappa shape index (κ3) is 1.39. The topological polar surface area (TPSA) is 72.6 Å². The molecular weight excluding hydrogens is 172 g/mol. The minimum absolute atomic E-state index is 0.0622. The second-order valence-electron chi connectivity index (χ2n) is 3.67. The van der Waals surface area contributed by atoms with Crippen molar-refractivity contribution in [3.63, 3.8) is 0 Å². The van der Waals surface area contributed by atoms with E-state index in [4.69, 9.17) is 10.5 Å². The van der Waals surface area contributed by atoms with E-state index in [1.165, 1.54) is 0 Å². The zero-order valence-corrected chi connectivity index (χ0v) is 7.28. The number of amides is 2.